The number of anilines is 1. The fraction of sp³-hybridized carbons (Fsp3) is 0.250. The maximum Gasteiger partial charge on any atom is 0.266 e. The van der Waals surface area contributed by atoms with E-state index in [1.807, 2.05) is 36.4 Å². The maximum absolute atomic E-state index is 9.45. The van der Waals surface area contributed by atoms with Crippen LogP contribution < -0.4 is 9.64 Å². The van der Waals surface area contributed by atoms with Crippen LogP contribution in [0.4, 0.5) is 5.88 Å². The highest BCUT2D eigenvalue weighted by Gasteiger charge is 2.23. The Balaban J connectivity index is 1.31. The molecule has 1 saturated heterocycles. The van der Waals surface area contributed by atoms with Gasteiger partial charge in [0.25, 0.3) is 5.89 Å². The Morgan fingerprint density at radius 3 is 2.63 bits per heavy atom. The van der Waals surface area contributed by atoms with Gasteiger partial charge in [0.1, 0.15) is 24.2 Å². The van der Waals surface area contributed by atoms with E-state index in [1.165, 1.54) is 11.8 Å². The molecule has 0 bridgehead atoms. The van der Waals surface area contributed by atoms with Crippen LogP contribution in [0.2, 0.25) is 0 Å². The molecule has 1 aliphatic heterocycles. The zero-order valence-electron chi connectivity index (χ0n) is 16.5. The Bertz CT molecular complexity index is 1210. The fourth-order valence-corrected chi connectivity index (χ4v) is 3.78. The number of nitriles is 1. The van der Waals surface area contributed by atoms with E-state index < -0.39 is 0 Å². The first-order valence-electron chi connectivity index (χ1n) is 10.2. The van der Waals surface area contributed by atoms with Gasteiger partial charge in [0.05, 0.1) is 0 Å². The van der Waals surface area contributed by atoms with Gasteiger partial charge < -0.3 is 18.5 Å². The molecule has 0 spiro atoms. The molecule has 0 radical (unpaired) electrons. The topological polar surface area (TPSA) is 75.4 Å². The average molecular weight is 399 g/mol. The van der Waals surface area contributed by atoms with Crippen molar-refractivity contribution in [3.8, 4) is 23.5 Å². The van der Waals surface area contributed by atoms with Crippen molar-refractivity contribution in [2.45, 2.75) is 25.9 Å². The van der Waals surface area contributed by atoms with Crippen molar-refractivity contribution < 1.29 is 13.6 Å². The standard InChI is InChI=1S/C24H21N3O3/c25-15-21-24(27-12-4-1-5-13-27)30-23(26-21)22-11-10-20(29-22)16-28-19-9-8-17-6-2-3-7-18(17)14-19/h2-3,6-11,14H,1,4-5,12-13,16H2. The molecular weight excluding hydrogens is 378 g/mol. The largest absolute Gasteiger partial charge is 0.486 e. The van der Waals surface area contributed by atoms with E-state index in [2.05, 4.69) is 28.1 Å². The number of aromatic nitrogens is 1. The molecule has 1 fully saturated rings. The van der Waals surface area contributed by atoms with Gasteiger partial charge in [-0.15, -0.1) is 0 Å². The van der Waals surface area contributed by atoms with Crippen molar-refractivity contribution >= 4 is 16.7 Å². The lowest BCUT2D eigenvalue weighted by molar-refractivity contribution is 0.271. The number of hydrogen-bond acceptors (Lipinski definition) is 6. The van der Waals surface area contributed by atoms with Crippen molar-refractivity contribution in [3.05, 3.63) is 66.1 Å². The van der Waals surface area contributed by atoms with E-state index in [1.54, 1.807) is 6.07 Å². The third kappa shape index (κ3) is 3.62. The number of piperidine rings is 1. The molecule has 4 aromatic rings. The average Bonchev–Trinajstić information content (AvgIpc) is 3.45. The molecule has 6 heteroatoms. The molecular formula is C24H21N3O3. The lowest BCUT2D eigenvalue weighted by Crippen LogP contribution is -2.29. The molecule has 2 aromatic carbocycles. The monoisotopic (exact) mass is 399 g/mol. The highest BCUT2D eigenvalue weighted by Crippen LogP contribution is 2.31. The summed E-state index contributed by atoms with van der Waals surface area (Å²) in [5.41, 5.74) is 0.303. The van der Waals surface area contributed by atoms with Gasteiger partial charge in [0, 0.05) is 13.1 Å². The normalized spacial score (nSPS) is 14.0. The van der Waals surface area contributed by atoms with E-state index in [0.717, 1.165) is 37.1 Å². The minimum Gasteiger partial charge on any atom is -0.486 e. The second-order valence-corrected chi connectivity index (χ2v) is 7.40. The van der Waals surface area contributed by atoms with Crippen molar-refractivity contribution in [1.82, 2.24) is 4.98 Å². The summed E-state index contributed by atoms with van der Waals surface area (Å²) in [4.78, 5) is 6.42. The van der Waals surface area contributed by atoms with E-state index >= 15 is 0 Å². The molecule has 0 amide bonds. The Morgan fingerprint density at radius 1 is 0.967 bits per heavy atom. The van der Waals surface area contributed by atoms with Crippen LogP contribution in [0.15, 0.2) is 63.4 Å². The van der Waals surface area contributed by atoms with Gasteiger partial charge >= 0.3 is 0 Å². The molecule has 0 N–H and O–H groups in total. The van der Waals surface area contributed by atoms with Crippen molar-refractivity contribution in [1.29, 1.82) is 5.26 Å². The highest BCUT2D eigenvalue weighted by molar-refractivity contribution is 5.83. The maximum atomic E-state index is 9.45. The number of rotatable bonds is 5. The van der Waals surface area contributed by atoms with Gasteiger partial charge in [0.15, 0.2) is 5.76 Å². The lowest BCUT2D eigenvalue weighted by Gasteiger charge is -2.25. The predicted molar refractivity (Wildman–Crippen MR) is 113 cm³/mol. The summed E-state index contributed by atoms with van der Waals surface area (Å²) in [7, 11) is 0. The Labute approximate surface area is 174 Å². The van der Waals surface area contributed by atoms with Crippen molar-refractivity contribution in [3.63, 3.8) is 0 Å². The molecule has 0 unspecified atom stereocenters. The fourth-order valence-electron chi connectivity index (χ4n) is 3.78. The minimum absolute atomic E-state index is 0.295. The molecule has 0 saturated carbocycles. The number of oxazole rings is 1. The molecule has 1 aliphatic rings. The number of ether oxygens (including phenoxy) is 1. The van der Waals surface area contributed by atoms with Gasteiger partial charge in [0.2, 0.25) is 11.6 Å². The molecule has 0 aliphatic carbocycles. The van der Waals surface area contributed by atoms with Crippen LogP contribution in [0, 0.1) is 11.3 Å². The van der Waals surface area contributed by atoms with Crippen LogP contribution in [0.3, 0.4) is 0 Å². The summed E-state index contributed by atoms with van der Waals surface area (Å²) in [5, 5.41) is 11.8. The van der Waals surface area contributed by atoms with E-state index in [0.29, 0.717) is 35.6 Å². The number of benzene rings is 2. The minimum atomic E-state index is 0.295. The van der Waals surface area contributed by atoms with Gasteiger partial charge in [-0.25, -0.2) is 0 Å². The highest BCUT2D eigenvalue weighted by atomic mass is 16.5. The van der Waals surface area contributed by atoms with Crippen LogP contribution in [0.5, 0.6) is 5.75 Å². The van der Waals surface area contributed by atoms with Crippen LogP contribution in [0.1, 0.15) is 30.7 Å². The summed E-state index contributed by atoms with van der Waals surface area (Å²) in [6, 6.07) is 19.9. The molecule has 3 heterocycles. The van der Waals surface area contributed by atoms with E-state index in [9.17, 15) is 5.26 Å². The molecule has 5 rings (SSSR count). The number of furan rings is 1. The molecule has 0 atom stereocenters. The van der Waals surface area contributed by atoms with Gasteiger partial charge in [-0.05, 0) is 54.3 Å². The Kier molecular flexibility index (Phi) is 4.86. The lowest BCUT2D eigenvalue weighted by atomic mass is 10.1. The Hall–Kier alpha value is -3.72. The quantitative estimate of drug-likeness (QED) is 0.439. The number of nitrogens with zero attached hydrogens (tertiary/aromatic N) is 3. The molecule has 150 valence electrons. The van der Waals surface area contributed by atoms with Crippen LogP contribution in [-0.2, 0) is 6.61 Å². The smallest absolute Gasteiger partial charge is 0.266 e. The van der Waals surface area contributed by atoms with Crippen LogP contribution >= 0.6 is 0 Å². The van der Waals surface area contributed by atoms with E-state index in [-0.39, 0.29) is 0 Å². The number of fused-ring (bicyclic) bond motifs is 1. The van der Waals surface area contributed by atoms with Crippen LogP contribution in [-0.4, -0.2) is 18.1 Å². The van der Waals surface area contributed by atoms with Crippen molar-refractivity contribution in [2.75, 3.05) is 18.0 Å². The predicted octanol–water partition coefficient (Wildman–Crippen LogP) is 5.53. The zero-order valence-corrected chi connectivity index (χ0v) is 16.5. The Morgan fingerprint density at radius 2 is 1.80 bits per heavy atom. The first-order chi connectivity index (χ1) is 14.8. The van der Waals surface area contributed by atoms with Gasteiger partial charge in [-0.1, -0.05) is 30.3 Å². The summed E-state index contributed by atoms with van der Waals surface area (Å²) < 4.78 is 17.7. The van der Waals surface area contributed by atoms with Crippen molar-refractivity contribution in [2.24, 2.45) is 0 Å². The second kappa shape index (κ2) is 7.96. The second-order valence-electron chi connectivity index (χ2n) is 7.40. The molecule has 2 aromatic heterocycles. The summed E-state index contributed by atoms with van der Waals surface area (Å²) >= 11 is 0. The summed E-state index contributed by atoms with van der Waals surface area (Å²) in [6.07, 6.45) is 3.40. The van der Waals surface area contributed by atoms with Crippen LogP contribution in [0.25, 0.3) is 22.4 Å². The molecule has 30 heavy (non-hydrogen) atoms. The van der Waals surface area contributed by atoms with E-state index in [4.69, 9.17) is 13.6 Å². The first kappa shape index (κ1) is 18.3. The van der Waals surface area contributed by atoms with Gasteiger partial charge in [-0.3, -0.25) is 0 Å². The number of hydrogen-bond donors (Lipinski definition) is 0. The molecule has 6 nitrogen and oxygen atoms in total. The third-order valence-corrected chi connectivity index (χ3v) is 5.33. The summed E-state index contributed by atoms with van der Waals surface area (Å²) in [5.74, 6) is 2.80. The SMILES string of the molecule is N#Cc1nc(-c2ccc(COc3ccc4ccccc4c3)o2)oc1N1CCCCC1. The third-order valence-electron chi connectivity index (χ3n) is 5.33. The summed E-state index contributed by atoms with van der Waals surface area (Å²) in [6.45, 7) is 2.06. The van der Waals surface area contributed by atoms with Gasteiger partial charge in [-0.2, -0.15) is 10.2 Å². The zero-order chi connectivity index (χ0) is 20.3. The first-order valence-corrected chi connectivity index (χ1v) is 10.2.